The lowest BCUT2D eigenvalue weighted by Crippen LogP contribution is -2.33. The van der Waals surface area contributed by atoms with Crippen LogP contribution in [0.1, 0.15) is 27.8 Å². The Hall–Kier alpha value is -3.80. The van der Waals surface area contributed by atoms with Gasteiger partial charge in [-0.15, -0.1) is 0 Å². The number of amides is 2. The Morgan fingerprint density at radius 2 is 1.53 bits per heavy atom. The number of nitrogens with zero attached hydrogens (tertiary/aromatic N) is 1. The molecule has 0 radical (unpaired) electrons. The number of benzene rings is 3. The molecule has 3 aromatic rings. The van der Waals surface area contributed by atoms with Crippen molar-refractivity contribution in [2.24, 2.45) is 0 Å². The van der Waals surface area contributed by atoms with Crippen LogP contribution in [0.3, 0.4) is 0 Å². The van der Waals surface area contributed by atoms with Gasteiger partial charge in [-0.1, -0.05) is 30.3 Å². The molecule has 3 aromatic carbocycles. The number of rotatable bonds is 4. The van der Waals surface area contributed by atoms with E-state index in [1.165, 1.54) is 0 Å². The normalized spacial score (nSPS) is 13.9. The number of nitrogens with one attached hydrogen (secondary N) is 1. The summed E-state index contributed by atoms with van der Waals surface area (Å²) in [6.07, 6.45) is 0. The summed E-state index contributed by atoms with van der Waals surface area (Å²) in [5, 5.41) is 3.10. The van der Waals surface area contributed by atoms with E-state index in [4.69, 9.17) is 0 Å². The van der Waals surface area contributed by atoms with E-state index >= 15 is 0 Å². The highest BCUT2D eigenvalue weighted by molar-refractivity contribution is 6.46. The predicted octanol–water partition coefficient (Wildman–Crippen LogP) is 5.60. The van der Waals surface area contributed by atoms with Crippen LogP contribution in [0.25, 0.3) is 5.57 Å². The first kappa shape index (κ1) is 21.4. The molecule has 1 aliphatic heterocycles. The maximum absolute atomic E-state index is 14.5. The molecule has 0 atom stereocenters. The van der Waals surface area contributed by atoms with E-state index in [1.807, 2.05) is 52.0 Å². The molecule has 4 nitrogen and oxygen atoms in total. The van der Waals surface area contributed by atoms with Crippen molar-refractivity contribution in [1.82, 2.24) is 0 Å². The molecule has 162 valence electrons. The summed E-state index contributed by atoms with van der Waals surface area (Å²) in [6, 6.07) is 13.7. The highest BCUT2D eigenvalue weighted by atomic mass is 19.1. The van der Waals surface area contributed by atoms with Crippen LogP contribution in [0.2, 0.25) is 0 Å². The van der Waals surface area contributed by atoms with Gasteiger partial charge < -0.3 is 5.32 Å². The lowest BCUT2D eigenvalue weighted by molar-refractivity contribution is -0.120. The van der Waals surface area contributed by atoms with Gasteiger partial charge in [-0.25, -0.2) is 13.7 Å². The van der Waals surface area contributed by atoms with Crippen LogP contribution in [0.15, 0.2) is 60.3 Å². The number of hydrogen-bond donors (Lipinski definition) is 1. The van der Waals surface area contributed by atoms with Crippen LogP contribution in [0.4, 0.5) is 20.2 Å². The molecule has 0 aliphatic carbocycles. The molecule has 6 heteroatoms. The summed E-state index contributed by atoms with van der Waals surface area (Å²) in [5.41, 5.74) is 4.79. The third kappa shape index (κ3) is 3.58. The Kier molecular flexibility index (Phi) is 5.38. The quantitative estimate of drug-likeness (QED) is 0.547. The molecule has 1 aliphatic rings. The number of aryl methyl sites for hydroxylation is 3. The van der Waals surface area contributed by atoms with Gasteiger partial charge in [0, 0.05) is 11.8 Å². The minimum atomic E-state index is -0.861. The third-order valence-corrected chi connectivity index (χ3v) is 5.89. The Morgan fingerprint density at radius 1 is 0.781 bits per heavy atom. The fourth-order valence-corrected chi connectivity index (χ4v) is 3.71. The molecule has 32 heavy (non-hydrogen) atoms. The smallest absolute Gasteiger partial charge is 0.282 e. The van der Waals surface area contributed by atoms with Gasteiger partial charge in [0.15, 0.2) is 0 Å². The second kappa shape index (κ2) is 8.04. The number of halogens is 2. The van der Waals surface area contributed by atoms with E-state index in [2.05, 4.69) is 5.32 Å². The molecule has 0 aromatic heterocycles. The number of anilines is 2. The van der Waals surface area contributed by atoms with E-state index in [9.17, 15) is 18.4 Å². The number of carbonyl (C=O) groups is 2. The van der Waals surface area contributed by atoms with E-state index in [-0.39, 0.29) is 11.3 Å². The average Bonchev–Trinajstić information content (AvgIpc) is 2.99. The van der Waals surface area contributed by atoms with Crippen molar-refractivity contribution < 1.29 is 18.4 Å². The fourth-order valence-electron chi connectivity index (χ4n) is 3.71. The first-order chi connectivity index (χ1) is 15.2. The Balaban J connectivity index is 1.90. The molecule has 0 fully saturated rings. The maximum Gasteiger partial charge on any atom is 0.282 e. The van der Waals surface area contributed by atoms with E-state index < -0.39 is 29.1 Å². The standard InChI is InChI=1S/C26H22F2N2O2/c1-14-8-9-18(12-16(14)3)23-24(29-21-7-5-6-15(2)17(21)4)26(32)30(25(23)31)22-13-19(27)10-11-20(22)28/h5-13,29H,1-4H3. The zero-order valence-corrected chi connectivity index (χ0v) is 18.2. The van der Waals surface area contributed by atoms with E-state index in [1.54, 1.807) is 12.1 Å². The van der Waals surface area contributed by atoms with Crippen molar-refractivity contribution in [3.05, 3.63) is 99.7 Å². The summed E-state index contributed by atoms with van der Waals surface area (Å²) in [6.45, 7) is 7.69. The Morgan fingerprint density at radius 3 is 2.25 bits per heavy atom. The SMILES string of the molecule is Cc1ccc(C2=C(Nc3cccc(C)c3C)C(=O)N(c3cc(F)ccc3F)C2=O)cc1C. The molecule has 2 amide bonds. The summed E-state index contributed by atoms with van der Waals surface area (Å²) >= 11 is 0. The number of imide groups is 1. The minimum Gasteiger partial charge on any atom is -0.350 e. The Labute approximate surface area is 185 Å². The highest BCUT2D eigenvalue weighted by Gasteiger charge is 2.41. The molecule has 0 saturated heterocycles. The molecule has 0 unspecified atom stereocenters. The molecule has 0 saturated carbocycles. The van der Waals surface area contributed by atoms with Crippen LogP contribution in [-0.4, -0.2) is 11.8 Å². The summed E-state index contributed by atoms with van der Waals surface area (Å²) in [7, 11) is 0. The van der Waals surface area contributed by atoms with Crippen molar-refractivity contribution >= 4 is 28.8 Å². The molecule has 0 spiro atoms. The largest absolute Gasteiger partial charge is 0.350 e. The molecule has 1 heterocycles. The number of carbonyl (C=O) groups excluding carboxylic acids is 2. The Bertz CT molecular complexity index is 1310. The monoisotopic (exact) mass is 432 g/mol. The van der Waals surface area contributed by atoms with E-state index in [0.29, 0.717) is 16.2 Å². The third-order valence-electron chi connectivity index (χ3n) is 5.89. The van der Waals surface area contributed by atoms with Crippen LogP contribution in [0.5, 0.6) is 0 Å². The highest BCUT2D eigenvalue weighted by Crippen LogP contribution is 2.36. The second-order valence-electron chi connectivity index (χ2n) is 7.96. The summed E-state index contributed by atoms with van der Waals surface area (Å²) < 4.78 is 28.4. The van der Waals surface area contributed by atoms with Gasteiger partial charge in [0.25, 0.3) is 11.8 Å². The summed E-state index contributed by atoms with van der Waals surface area (Å²) in [4.78, 5) is 27.5. The molecule has 0 bridgehead atoms. The fraction of sp³-hybridized carbons (Fsp3) is 0.154. The van der Waals surface area contributed by atoms with Crippen LogP contribution in [0, 0.1) is 39.3 Å². The predicted molar refractivity (Wildman–Crippen MR) is 121 cm³/mol. The first-order valence-electron chi connectivity index (χ1n) is 10.2. The van der Waals surface area contributed by atoms with Crippen LogP contribution in [-0.2, 0) is 9.59 Å². The van der Waals surface area contributed by atoms with Crippen molar-refractivity contribution in [1.29, 1.82) is 0 Å². The van der Waals surface area contributed by atoms with Gasteiger partial charge >= 0.3 is 0 Å². The van der Waals surface area contributed by atoms with E-state index in [0.717, 1.165) is 40.5 Å². The van der Waals surface area contributed by atoms with Crippen molar-refractivity contribution in [2.45, 2.75) is 27.7 Å². The maximum atomic E-state index is 14.5. The van der Waals surface area contributed by atoms with Gasteiger partial charge in [0.05, 0.1) is 11.3 Å². The zero-order chi connectivity index (χ0) is 23.2. The van der Waals surface area contributed by atoms with Gasteiger partial charge in [-0.2, -0.15) is 0 Å². The zero-order valence-electron chi connectivity index (χ0n) is 18.2. The molecule has 1 N–H and O–H groups in total. The van der Waals surface area contributed by atoms with Gasteiger partial charge in [-0.05, 0) is 73.7 Å². The molecular formula is C26H22F2N2O2. The summed E-state index contributed by atoms with van der Waals surface area (Å²) in [5.74, 6) is -3.06. The van der Waals surface area contributed by atoms with Crippen molar-refractivity contribution in [2.75, 3.05) is 10.2 Å². The molecule has 4 rings (SSSR count). The van der Waals surface area contributed by atoms with Gasteiger partial charge in [0.1, 0.15) is 17.3 Å². The van der Waals surface area contributed by atoms with Gasteiger partial charge in [-0.3, -0.25) is 9.59 Å². The second-order valence-corrected chi connectivity index (χ2v) is 7.96. The van der Waals surface area contributed by atoms with Crippen molar-refractivity contribution in [3.63, 3.8) is 0 Å². The molecular weight excluding hydrogens is 410 g/mol. The van der Waals surface area contributed by atoms with Gasteiger partial charge in [0.2, 0.25) is 0 Å². The lowest BCUT2D eigenvalue weighted by Gasteiger charge is -2.17. The van der Waals surface area contributed by atoms with Crippen LogP contribution >= 0.6 is 0 Å². The average molecular weight is 432 g/mol. The minimum absolute atomic E-state index is 0.0237. The topological polar surface area (TPSA) is 49.4 Å². The number of hydrogen-bond acceptors (Lipinski definition) is 3. The van der Waals surface area contributed by atoms with Crippen molar-refractivity contribution in [3.8, 4) is 0 Å². The van der Waals surface area contributed by atoms with Crippen LogP contribution < -0.4 is 10.2 Å². The lowest BCUT2D eigenvalue weighted by atomic mass is 9.99. The first-order valence-corrected chi connectivity index (χ1v) is 10.2.